The van der Waals surface area contributed by atoms with E-state index in [1.165, 1.54) is 5.69 Å². The molecule has 0 bridgehead atoms. The maximum atomic E-state index is 6.27. The minimum absolute atomic E-state index is 0.612. The molecule has 0 aliphatic carbocycles. The van der Waals surface area contributed by atoms with Crippen molar-refractivity contribution in [2.24, 2.45) is 0 Å². The van der Waals surface area contributed by atoms with Crippen molar-refractivity contribution in [2.45, 2.75) is 26.4 Å². The minimum Gasteiger partial charge on any atom is -0.493 e. The van der Waals surface area contributed by atoms with Crippen molar-refractivity contribution in [2.75, 3.05) is 19.5 Å². The molecule has 0 atom stereocenters. The molecule has 0 saturated heterocycles. The van der Waals surface area contributed by atoms with Crippen LogP contribution in [0.5, 0.6) is 11.5 Å². The lowest BCUT2D eigenvalue weighted by Gasteiger charge is -2.14. The Morgan fingerprint density at radius 1 is 1.19 bits per heavy atom. The van der Waals surface area contributed by atoms with Gasteiger partial charge in [-0.2, -0.15) is 0 Å². The predicted molar refractivity (Wildman–Crippen MR) is 86.6 cm³/mol. The van der Waals surface area contributed by atoms with E-state index in [0.29, 0.717) is 23.1 Å². The molecule has 0 aliphatic rings. The van der Waals surface area contributed by atoms with Crippen molar-refractivity contribution in [3.05, 3.63) is 41.2 Å². The SMILES string of the molecule is CCCn1cccc1CNc1cc(OC)c(OC)cc1Cl. The molecular formula is C16H21ClN2O2. The van der Waals surface area contributed by atoms with Gasteiger partial charge in [-0.15, -0.1) is 0 Å². The van der Waals surface area contributed by atoms with Gasteiger partial charge >= 0.3 is 0 Å². The number of nitrogens with zero attached hydrogens (tertiary/aromatic N) is 1. The molecule has 1 N–H and O–H groups in total. The number of rotatable bonds is 7. The lowest BCUT2D eigenvalue weighted by Crippen LogP contribution is -2.07. The van der Waals surface area contributed by atoms with Gasteiger partial charge in [0.15, 0.2) is 11.5 Å². The summed E-state index contributed by atoms with van der Waals surface area (Å²) < 4.78 is 12.8. The lowest BCUT2D eigenvalue weighted by atomic mass is 10.2. The Balaban J connectivity index is 2.14. The van der Waals surface area contributed by atoms with Crippen molar-refractivity contribution in [3.8, 4) is 11.5 Å². The Morgan fingerprint density at radius 3 is 2.57 bits per heavy atom. The first-order valence-corrected chi connectivity index (χ1v) is 7.36. The monoisotopic (exact) mass is 308 g/mol. The molecule has 21 heavy (non-hydrogen) atoms. The summed E-state index contributed by atoms with van der Waals surface area (Å²) in [5, 5.41) is 3.96. The predicted octanol–water partition coefficient (Wildman–Crippen LogP) is 4.18. The zero-order chi connectivity index (χ0) is 15.2. The van der Waals surface area contributed by atoms with Gasteiger partial charge in [0.05, 0.1) is 31.5 Å². The highest BCUT2D eigenvalue weighted by Crippen LogP contribution is 2.36. The Hall–Kier alpha value is -1.81. The second-order valence-corrected chi connectivity index (χ2v) is 5.14. The molecule has 0 saturated carbocycles. The van der Waals surface area contributed by atoms with Crippen LogP contribution in [0.15, 0.2) is 30.5 Å². The van der Waals surface area contributed by atoms with Crippen molar-refractivity contribution in [1.82, 2.24) is 4.57 Å². The number of anilines is 1. The van der Waals surface area contributed by atoms with Crippen LogP contribution in [-0.2, 0) is 13.1 Å². The van der Waals surface area contributed by atoms with Crippen LogP contribution >= 0.6 is 11.6 Å². The maximum Gasteiger partial charge on any atom is 0.162 e. The summed E-state index contributed by atoms with van der Waals surface area (Å²) in [6, 6.07) is 7.78. The highest BCUT2D eigenvalue weighted by Gasteiger charge is 2.10. The van der Waals surface area contributed by atoms with E-state index in [0.717, 1.165) is 18.7 Å². The van der Waals surface area contributed by atoms with Gasteiger partial charge in [-0.3, -0.25) is 0 Å². The van der Waals surface area contributed by atoms with E-state index in [1.54, 1.807) is 20.3 Å². The second-order valence-electron chi connectivity index (χ2n) is 4.73. The number of halogens is 1. The number of hydrogen-bond donors (Lipinski definition) is 1. The van der Waals surface area contributed by atoms with Crippen LogP contribution in [0.25, 0.3) is 0 Å². The molecule has 114 valence electrons. The first-order valence-electron chi connectivity index (χ1n) is 6.99. The van der Waals surface area contributed by atoms with E-state index < -0.39 is 0 Å². The van der Waals surface area contributed by atoms with Crippen LogP contribution in [0.2, 0.25) is 5.02 Å². The Kier molecular flexibility index (Phi) is 5.39. The minimum atomic E-state index is 0.612. The molecule has 0 amide bonds. The number of benzene rings is 1. The van der Waals surface area contributed by atoms with E-state index >= 15 is 0 Å². The topological polar surface area (TPSA) is 35.4 Å². The van der Waals surface area contributed by atoms with E-state index in [4.69, 9.17) is 21.1 Å². The molecule has 1 aromatic heterocycles. The fraction of sp³-hybridized carbons (Fsp3) is 0.375. The van der Waals surface area contributed by atoms with E-state index in [2.05, 4.69) is 35.1 Å². The summed E-state index contributed by atoms with van der Waals surface area (Å²) >= 11 is 6.27. The van der Waals surface area contributed by atoms with Gasteiger partial charge in [-0.05, 0) is 18.6 Å². The first-order chi connectivity index (χ1) is 10.2. The third kappa shape index (κ3) is 3.64. The first kappa shape index (κ1) is 15.6. The van der Waals surface area contributed by atoms with Gasteiger partial charge in [0.2, 0.25) is 0 Å². The summed E-state index contributed by atoms with van der Waals surface area (Å²) in [5.41, 5.74) is 2.06. The van der Waals surface area contributed by atoms with Crippen LogP contribution in [0.4, 0.5) is 5.69 Å². The van der Waals surface area contributed by atoms with Crippen molar-refractivity contribution < 1.29 is 9.47 Å². The number of hydrogen-bond acceptors (Lipinski definition) is 3. The standard InChI is InChI=1S/C16H21ClN2O2/c1-4-7-19-8-5-6-12(19)11-18-14-10-16(21-3)15(20-2)9-13(14)17/h5-6,8-10,18H,4,7,11H2,1-3H3. The third-order valence-electron chi connectivity index (χ3n) is 3.32. The summed E-state index contributed by atoms with van der Waals surface area (Å²) in [4.78, 5) is 0. The van der Waals surface area contributed by atoms with Crippen LogP contribution < -0.4 is 14.8 Å². The van der Waals surface area contributed by atoms with Crippen LogP contribution in [0.1, 0.15) is 19.0 Å². The largest absolute Gasteiger partial charge is 0.493 e. The average Bonchev–Trinajstić information content (AvgIpc) is 2.93. The molecule has 1 aromatic carbocycles. The van der Waals surface area contributed by atoms with Crippen molar-refractivity contribution in [1.29, 1.82) is 0 Å². The molecule has 0 spiro atoms. The van der Waals surface area contributed by atoms with Crippen molar-refractivity contribution in [3.63, 3.8) is 0 Å². The number of nitrogens with one attached hydrogen (secondary N) is 1. The van der Waals surface area contributed by atoms with Gasteiger partial charge in [0, 0.05) is 30.6 Å². The quantitative estimate of drug-likeness (QED) is 0.833. The van der Waals surface area contributed by atoms with Gasteiger partial charge in [-0.25, -0.2) is 0 Å². The summed E-state index contributed by atoms with van der Waals surface area (Å²) in [7, 11) is 3.21. The van der Waals surface area contributed by atoms with Crippen LogP contribution in [-0.4, -0.2) is 18.8 Å². The Morgan fingerprint density at radius 2 is 1.90 bits per heavy atom. The van der Waals surface area contributed by atoms with Gasteiger partial charge in [0.25, 0.3) is 0 Å². The van der Waals surface area contributed by atoms with Crippen LogP contribution in [0, 0.1) is 0 Å². The Labute approximate surface area is 130 Å². The molecule has 5 heteroatoms. The fourth-order valence-electron chi connectivity index (χ4n) is 2.24. The molecule has 0 fully saturated rings. The number of aromatic nitrogens is 1. The smallest absolute Gasteiger partial charge is 0.162 e. The van der Waals surface area contributed by atoms with E-state index in [1.807, 2.05) is 6.07 Å². The summed E-state index contributed by atoms with van der Waals surface area (Å²) in [6.45, 7) is 3.90. The zero-order valence-corrected chi connectivity index (χ0v) is 13.4. The third-order valence-corrected chi connectivity index (χ3v) is 3.63. The molecule has 0 aliphatic heterocycles. The molecule has 1 heterocycles. The normalized spacial score (nSPS) is 10.5. The van der Waals surface area contributed by atoms with E-state index in [9.17, 15) is 0 Å². The average molecular weight is 309 g/mol. The number of aryl methyl sites for hydroxylation is 1. The highest BCUT2D eigenvalue weighted by molar-refractivity contribution is 6.33. The van der Waals surface area contributed by atoms with Crippen LogP contribution in [0.3, 0.4) is 0 Å². The molecule has 0 unspecified atom stereocenters. The van der Waals surface area contributed by atoms with Gasteiger partial charge < -0.3 is 19.4 Å². The second kappa shape index (κ2) is 7.27. The van der Waals surface area contributed by atoms with Gasteiger partial charge in [-0.1, -0.05) is 18.5 Å². The summed E-state index contributed by atoms with van der Waals surface area (Å²) in [6.07, 6.45) is 3.20. The molecule has 0 radical (unpaired) electrons. The van der Waals surface area contributed by atoms with E-state index in [-0.39, 0.29) is 0 Å². The lowest BCUT2D eigenvalue weighted by molar-refractivity contribution is 0.355. The molecule has 2 aromatic rings. The summed E-state index contributed by atoms with van der Waals surface area (Å²) in [5.74, 6) is 1.29. The van der Waals surface area contributed by atoms with Gasteiger partial charge in [0.1, 0.15) is 0 Å². The number of ether oxygens (including phenoxy) is 2. The molecule has 2 rings (SSSR count). The molecular weight excluding hydrogens is 288 g/mol. The fourth-order valence-corrected chi connectivity index (χ4v) is 2.46. The highest BCUT2D eigenvalue weighted by atomic mass is 35.5. The zero-order valence-electron chi connectivity index (χ0n) is 12.6. The maximum absolute atomic E-state index is 6.27. The van der Waals surface area contributed by atoms with Crippen molar-refractivity contribution >= 4 is 17.3 Å². The Bertz CT molecular complexity index is 596. The molecule has 4 nitrogen and oxygen atoms in total. The number of methoxy groups -OCH3 is 2.